The zero-order valence-corrected chi connectivity index (χ0v) is 13.2. The first-order valence-corrected chi connectivity index (χ1v) is 7.29. The van der Waals surface area contributed by atoms with E-state index in [1.807, 2.05) is 49.4 Å². The lowest BCUT2D eigenvalue weighted by atomic mass is 10.1. The van der Waals surface area contributed by atoms with Crippen molar-refractivity contribution in [3.8, 4) is 0 Å². The minimum atomic E-state index is -0.162. The van der Waals surface area contributed by atoms with Gasteiger partial charge in [0.1, 0.15) is 0 Å². The second-order valence-corrected chi connectivity index (χ2v) is 5.15. The summed E-state index contributed by atoms with van der Waals surface area (Å²) in [7, 11) is 0. The highest BCUT2D eigenvalue weighted by atomic mass is 16.2. The van der Waals surface area contributed by atoms with Crippen LogP contribution in [0.1, 0.15) is 25.0 Å². The minimum absolute atomic E-state index is 0.115. The lowest BCUT2D eigenvalue weighted by Gasteiger charge is -2.05. The van der Waals surface area contributed by atoms with Crippen molar-refractivity contribution in [3.63, 3.8) is 0 Å². The second-order valence-electron chi connectivity index (χ2n) is 5.15. The molecule has 0 saturated heterocycles. The summed E-state index contributed by atoms with van der Waals surface area (Å²) in [4.78, 5) is 22.8. The second kappa shape index (κ2) is 7.89. The summed E-state index contributed by atoms with van der Waals surface area (Å²) in [5.74, 6) is -0.276. The van der Waals surface area contributed by atoms with E-state index in [9.17, 15) is 9.59 Å². The molecule has 2 rings (SSSR count). The van der Waals surface area contributed by atoms with Crippen LogP contribution in [-0.2, 0) is 16.0 Å². The first-order valence-electron chi connectivity index (χ1n) is 7.29. The van der Waals surface area contributed by atoms with Crippen LogP contribution in [0.5, 0.6) is 0 Å². The van der Waals surface area contributed by atoms with E-state index in [0.717, 1.165) is 16.8 Å². The molecule has 2 aromatic carbocycles. The number of carbonyl (C=O) groups is 2. The Kier molecular flexibility index (Phi) is 5.63. The number of anilines is 1. The highest BCUT2D eigenvalue weighted by Gasteiger charge is 2.03. The Labute approximate surface area is 135 Å². The fourth-order valence-corrected chi connectivity index (χ4v) is 2.03. The lowest BCUT2D eigenvalue weighted by Crippen LogP contribution is -2.21. The van der Waals surface area contributed by atoms with Crippen molar-refractivity contribution in [2.75, 3.05) is 5.32 Å². The molecule has 0 spiro atoms. The summed E-state index contributed by atoms with van der Waals surface area (Å²) in [6, 6.07) is 16.8. The Balaban J connectivity index is 1.94. The summed E-state index contributed by atoms with van der Waals surface area (Å²) in [5, 5.41) is 6.81. The largest absolute Gasteiger partial charge is 0.326 e. The summed E-state index contributed by atoms with van der Waals surface area (Å²) in [5.41, 5.74) is 5.79. The normalized spacial score (nSPS) is 11.0. The Hall–Kier alpha value is -2.95. The number of hydrazone groups is 1. The van der Waals surface area contributed by atoms with Gasteiger partial charge in [0.2, 0.25) is 11.8 Å². The Morgan fingerprint density at radius 2 is 1.61 bits per heavy atom. The molecule has 2 aromatic rings. The number of rotatable bonds is 5. The van der Waals surface area contributed by atoms with Crippen LogP contribution < -0.4 is 10.7 Å². The first-order chi connectivity index (χ1) is 11.0. The quantitative estimate of drug-likeness (QED) is 0.658. The van der Waals surface area contributed by atoms with Crippen molar-refractivity contribution in [3.05, 3.63) is 65.7 Å². The molecule has 5 nitrogen and oxygen atoms in total. The van der Waals surface area contributed by atoms with Crippen LogP contribution >= 0.6 is 0 Å². The van der Waals surface area contributed by atoms with E-state index in [1.54, 1.807) is 12.1 Å². The molecule has 0 aliphatic carbocycles. The third-order valence-electron chi connectivity index (χ3n) is 3.18. The molecule has 0 unspecified atom stereocenters. The van der Waals surface area contributed by atoms with Crippen LogP contribution in [0.25, 0.3) is 0 Å². The third kappa shape index (κ3) is 5.39. The molecule has 0 saturated carbocycles. The number of hydrogen-bond donors (Lipinski definition) is 2. The number of amides is 2. The van der Waals surface area contributed by atoms with Crippen molar-refractivity contribution < 1.29 is 9.59 Å². The molecule has 0 aliphatic rings. The average Bonchev–Trinajstić information content (AvgIpc) is 2.54. The smallest absolute Gasteiger partial charge is 0.244 e. The Morgan fingerprint density at radius 3 is 2.22 bits per heavy atom. The number of nitrogens with one attached hydrogen (secondary N) is 2. The standard InChI is InChI=1S/C18H19N3O2/c1-13(16-8-10-17(11-9-16)19-14(2)22)20-21-18(23)12-15-6-4-3-5-7-15/h3-11H,12H2,1-2H3,(H,19,22)(H,21,23)/b20-13+. The molecule has 0 radical (unpaired) electrons. The SMILES string of the molecule is CC(=O)Nc1ccc(/C(C)=N/NC(=O)Cc2ccccc2)cc1. The molecule has 2 N–H and O–H groups in total. The van der Waals surface area contributed by atoms with Gasteiger partial charge in [-0.1, -0.05) is 42.5 Å². The van der Waals surface area contributed by atoms with Gasteiger partial charge < -0.3 is 5.32 Å². The van der Waals surface area contributed by atoms with Crippen molar-refractivity contribution in [1.29, 1.82) is 0 Å². The van der Waals surface area contributed by atoms with Gasteiger partial charge in [-0.3, -0.25) is 9.59 Å². The molecule has 0 atom stereocenters. The van der Waals surface area contributed by atoms with Gasteiger partial charge in [-0.15, -0.1) is 0 Å². The molecule has 23 heavy (non-hydrogen) atoms. The zero-order valence-electron chi connectivity index (χ0n) is 13.2. The highest BCUT2D eigenvalue weighted by molar-refractivity contribution is 6.00. The fourth-order valence-electron chi connectivity index (χ4n) is 2.03. The molecule has 2 amide bonds. The summed E-state index contributed by atoms with van der Waals surface area (Å²) in [6.07, 6.45) is 0.291. The first kappa shape index (κ1) is 16.4. The van der Waals surface area contributed by atoms with Crippen LogP contribution in [0.2, 0.25) is 0 Å². The number of nitrogens with zero attached hydrogens (tertiary/aromatic N) is 1. The molecule has 0 heterocycles. The van der Waals surface area contributed by atoms with Gasteiger partial charge in [0.05, 0.1) is 12.1 Å². The molecule has 118 valence electrons. The van der Waals surface area contributed by atoms with E-state index >= 15 is 0 Å². The molecule has 0 fully saturated rings. The topological polar surface area (TPSA) is 70.6 Å². The van der Waals surface area contributed by atoms with Gasteiger partial charge in [-0.05, 0) is 30.2 Å². The van der Waals surface area contributed by atoms with Gasteiger partial charge in [0.15, 0.2) is 0 Å². The molecular weight excluding hydrogens is 290 g/mol. The van der Waals surface area contributed by atoms with E-state index in [4.69, 9.17) is 0 Å². The average molecular weight is 309 g/mol. The van der Waals surface area contributed by atoms with Gasteiger partial charge in [-0.25, -0.2) is 5.43 Å². The number of benzene rings is 2. The summed E-state index contributed by atoms with van der Waals surface area (Å²) >= 11 is 0. The van der Waals surface area contributed by atoms with Crippen molar-refractivity contribution in [2.24, 2.45) is 5.10 Å². The maximum absolute atomic E-state index is 11.9. The van der Waals surface area contributed by atoms with E-state index in [2.05, 4.69) is 15.8 Å². The summed E-state index contributed by atoms with van der Waals surface area (Å²) < 4.78 is 0. The van der Waals surface area contributed by atoms with Gasteiger partial charge >= 0.3 is 0 Å². The van der Waals surface area contributed by atoms with Crippen LogP contribution in [0.3, 0.4) is 0 Å². The molecular formula is C18H19N3O2. The molecule has 0 aliphatic heterocycles. The zero-order chi connectivity index (χ0) is 16.7. The van der Waals surface area contributed by atoms with Crippen LogP contribution in [0.15, 0.2) is 59.7 Å². The third-order valence-corrected chi connectivity index (χ3v) is 3.18. The monoisotopic (exact) mass is 309 g/mol. The Bertz CT molecular complexity index is 707. The van der Waals surface area contributed by atoms with Crippen LogP contribution in [0, 0.1) is 0 Å². The summed E-state index contributed by atoms with van der Waals surface area (Å²) in [6.45, 7) is 3.28. The van der Waals surface area contributed by atoms with Gasteiger partial charge in [0, 0.05) is 12.6 Å². The Morgan fingerprint density at radius 1 is 0.957 bits per heavy atom. The van der Waals surface area contributed by atoms with Crippen molar-refractivity contribution in [2.45, 2.75) is 20.3 Å². The van der Waals surface area contributed by atoms with Gasteiger partial charge in [-0.2, -0.15) is 5.10 Å². The van der Waals surface area contributed by atoms with Crippen molar-refractivity contribution >= 4 is 23.2 Å². The number of hydrogen-bond acceptors (Lipinski definition) is 3. The predicted octanol–water partition coefficient (Wildman–Crippen LogP) is 2.73. The fraction of sp³-hybridized carbons (Fsp3) is 0.167. The van der Waals surface area contributed by atoms with E-state index in [-0.39, 0.29) is 11.8 Å². The predicted molar refractivity (Wildman–Crippen MR) is 91.2 cm³/mol. The lowest BCUT2D eigenvalue weighted by molar-refractivity contribution is -0.120. The maximum Gasteiger partial charge on any atom is 0.244 e. The minimum Gasteiger partial charge on any atom is -0.326 e. The molecule has 5 heteroatoms. The van der Waals surface area contributed by atoms with E-state index in [1.165, 1.54) is 6.92 Å². The molecule has 0 aromatic heterocycles. The van der Waals surface area contributed by atoms with Gasteiger partial charge in [0.25, 0.3) is 0 Å². The van der Waals surface area contributed by atoms with Crippen molar-refractivity contribution in [1.82, 2.24) is 5.43 Å². The number of carbonyl (C=O) groups excluding carboxylic acids is 2. The highest BCUT2D eigenvalue weighted by Crippen LogP contribution is 2.10. The van der Waals surface area contributed by atoms with Crippen LogP contribution in [0.4, 0.5) is 5.69 Å². The van der Waals surface area contributed by atoms with Crippen LogP contribution in [-0.4, -0.2) is 17.5 Å². The molecule has 0 bridgehead atoms. The van der Waals surface area contributed by atoms with E-state index < -0.39 is 0 Å². The maximum atomic E-state index is 11.9. The van der Waals surface area contributed by atoms with E-state index in [0.29, 0.717) is 12.1 Å².